The van der Waals surface area contributed by atoms with Gasteiger partial charge in [0, 0.05) is 17.8 Å². The molecule has 0 aliphatic carbocycles. The normalized spacial score (nSPS) is 10.9. The molecule has 220 valence electrons. The minimum atomic E-state index is -0.965. The molecule has 0 atom stereocenters. The molecule has 0 unspecified atom stereocenters. The van der Waals surface area contributed by atoms with Gasteiger partial charge in [-0.25, -0.2) is 28.5 Å². The molecule has 0 spiro atoms. The summed E-state index contributed by atoms with van der Waals surface area (Å²) in [6.07, 6.45) is 1.57. The first-order valence-electron chi connectivity index (χ1n) is 13.0. The second-order valence-corrected chi connectivity index (χ2v) is 9.44. The Morgan fingerprint density at radius 2 is 1.58 bits per heavy atom. The summed E-state index contributed by atoms with van der Waals surface area (Å²) in [5, 5.41) is 3.14. The Labute approximate surface area is 243 Å². The molecule has 5 rings (SSSR count). The maximum atomic E-state index is 13.4. The van der Waals surface area contributed by atoms with Crippen LogP contribution in [0.5, 0.6) is 28.9 Å². The van der Waals surface area contributed by atoms with E-state index in [4.69, 9.17) is 18.9 Å². The van der Waals surface area contributed by atoms with Crippen LogP contribution < -0.4 is 35.5 Å². The van der Waals surface area contributed by atoms with Gasteiger partial charge in [-0.05, 0) is 68.4 Å². The molecule has 2 aromatic heterocycles. The van der Waals surface area contributed by atoms with Crippen molar-refractivity contribution in [3.63, 3.8) is 0 Å². The first-order chi connectivity index (χ1) is 20.7. The fourth-order valence-corrected chi connectivity index (χ4v) is 4.21. The van der Waals surface area contributed by atoms with Crippen LogP contribution in [-0.4, -0.2) is 39.4 Å². The molecule has 13 heteroatoms. The van der Waals surface area contributed by atoms with Crippen LogP contribution >= 0.6 is 0 Å². The van der Waals surface area contributed by atoms with Gasteiger partial charge in [0.15, 0.2) is 11.5 Å². The molecule has 0 fully saturated rings. The van der Waals surface area contributed by atoms with E-state index in [1.807, 2.05) is 0 Å². The summed E-state index contributed by atoms with van der Waals surface area (Å²) >= 11 is 0. The molecule has 2 heterocycles. The average Bonchev–Trinajstić information content (AvgIpc) is 2.99. The van der Waals surface area contributed by atoms with Crippen LogP contribution in [0, 0.1) is 5.82 Å². The molecule has 0 aliphatic rings. The van der Waals surface area contributed by atoms with Crippen LogP contribution in [0.25, 0.3) is 16.6 Å². The van der Waals surface area contributed by atoms with Gasteiger partial charge in [-0.15, -0.1) is 0 Å². The predicted molar refractivity (Wildman–Crippen MR) is 155 cm³/mol. The third-order valence-electron chi connectivity index (χ3n) is 6.35. The zero-order valence-electron chi connectivity index (χ0n) is 23.5. The third kappa shape index (κ3) is 6.00. The first kappa shape index (κ1) is 28.8. The molecular formula is C30H26FN5O7. The second kappa shape index (κ2) is 12.0. The molecule has 1 amide bonds. The van der Waals surface area contributed by atoms with Crippen LogP contribution in [0.4, 0.5) is 14.9 Å². The van der Waals surface area contributed by atoms with Crippen molar-refractivity contribution in [1.82, 2.24) is 19.1 Å². The van der Waals surface area contributed by atoms with Crippen molar-refractivity contribution in [1.29, 1.82) is 0 Å². The molecule has 3 aromatic carbocycles. The highest BCUT2D eigenvalue weighted by atomic mass is 19.1. The number of nitrogens with zero attached hydrogens (tertiary/aromatic N) is 4. The van der Waals surface area contributed by atoms with E-state index in [1.165, 1.54) is 43.4 Å². The molecule has 12 nitrogen and oxygen atoms in total. The summed E-state index contributed by atoms with van der Waals surface area (Å²) < 4.78 is 37.5. The lowest BCUT2D eigenvalue weighted by Crippen LogP contribution is -2.40. The lowest BCUT2D eigenvalue weighted by molar-refractivity contribution is 0.213. The number of carbonyl (C=O) groups excluding carboxylic acids is 1. The van der Waals surface area contributed by atoms with E-state index in [0.717, 1.165) is 16.7 Å². The van der Waals surface area contributed by atoms with E-state index in [-0.39, 0.29) is 17.6 Å². The SMILES string of the molecule is COc1cc2ncnc(Oc3ccc(NC(=O)Oc4cn(C(C)C)c(=O)n(-c5ccc(F)cc5)c4=O)cc3)c2cc1OC. The fraction of sp³-hybridized carbons (Fsp3) is 0.167. The zero-order valence-corrected chi connectivity index (χ0v) is 23.5. The molecule has 0 radical (unpaired) electrons. The Hall–Kier alpha value is -5.72. The predicted octanol–water partition coefficient (Wildman–Crippen LogP) is 5.08. The van der Waals surface area contributed by atoms with Gasteiger partial charge in [0.25, 0.3) is 0 Å². The number of hydrogen-bond donors (Lipinski definition) is 1. The van der Waals surface area contributed by atoms with Crippen molar-refractivity contribution in [2.75, 3.05) is 19.5 Å². The van der Waals surface area contributed by atoms with Crippen molar-refractivity contribution >= 4 is 22.7 Å². The first-order valence-corrected chi connectivity index (χ1v) is 13.0. The summed E-state index contributed by atoms with van der Waals surface area (Å²) in [4.78, 5) is 47.3. The monoisotopic (exact) mass is 587 g/mol. The van der Waals surface area contributed by atoms with Gasteiger partial charge in [-0.3, -0.25) is 14.7 Å². The summed E-state index contributed by atoms with van der Waals surface area (Å²) in [7, 11) is 3.05. The number of benzene rings is 3. The van der Waals surface area contributed by atoms with E-state index in [0.29, 0.717) is 33.8 Å². The van der Waals surface area contributed by atoms with Crippen molar-refractivity contribution in [3.05, 3.63) is 99.8 Å². The van der Waals surface area contributed by atoms with Crippen molar-refractivity contribution in [3.8, 4) is 34.6 Å². The second-order valence-electron chi connectivity index (χ2n) is 9.44. The van der Waals surface area contributed by atoms with Crippen LogP contribution in [0.3, 0.4) is 0 Å². The van der Waals surface area contributed by atoms with Gasteiger partial charge in [0.1, 0.15) is 17.9 Å². The standard InChI is InChI=1S/C30H26FN5O7/c1-17(2)35-15-26(28(37)36(30(35)39)20-9-5-18(31)6-10-20)43-29(38)34-19-7-11-21(12-8-19)42-27-22-13-24(40-3)25(41-4)14-23(22)32-16-33-27/h5-17H,1-4H3,(H,34,38). The molecule has 0 saturated carbocycles. The summed E-state index contributed by atoms with van der Waals surface area (Å²) in [6, 6.07) is 14.2. The minimum Gasteiger partial charge on any atom is -0.493 e. The van der Waals surface area contributed by atoms with Gasteiger partial charge in [0.2, 0.25) is 11.6 Å². The van der Waals surface area contributed by atoms with Gasteiger partial charge in [-0.2, -0.15) is 0 Å². The Morgan fingerprint density at radius 3 is 2.23 bits per heavy atom. The molecule has 0 aliphatic heterocycles. The van der Waals surface area contributed by atoms with E-state index in [1.54, 1.807) is 50.2 Å². The highest BCUT2D eigenvalue weighted by Gasteiger charge is 2.19. The maximum absolute atomic E-state index is 13.4. The number of nitrogens with one attached hydrogen (secondary N) is 1. The summed E-state index contributed by atoms with van der Waals surface area (Å²) in [6.45, 7) is 3.46. The van der Waals surface area contributed by atoms with E-state index >= 15 is 0 Å². The number of hydrogen-bond acceptors (Lipinski definition) is 9. The number of aromatic nitrogens is 4. The number of ether oxygens (including phenoxy) is 4. The number of amides is 1. The largest absolute Gasteiger partial charge is 0.493 e. The Kier molecular flexibility index (Phi) is 8.05. The number of halogens is 1. The van der Waals surface area contributed by atoms with Crippen LogP contribution in [0.15, 0.2) is 82.8 Å². The molecular weight excluding hydrogens is 561 g/mol. The maximum Gasteiger partial charge on any atom is 0.417 e. The van der Waals surface area contributed by atoms with E-state index < -0.39 is 28.9 Å². The topological polar surface area (TPSA) is 136 Å². The van der Waals surface area contributed by atoms with Gasteiger partial charge in [0.05, 0.1) is 37.0 Å². The lowest BCUT2D eigenvalue weighted by Gasteiger charge is -2.15. The Morgan fingerprint density at radius 1 is 0.907 bits per heavy atom. The third-order valence-corrected chi connectivity index (χ3v) is 6.35. The van der Waals surface area contributed by atoms with Crippen LogP contribution in [-0.2, 0) is 0 Å². The van der Waals surface area contributed by atoms with Gasteiger partial charge in [-0.1, -0.05) is 0 Å². The highest BCUT2D eigenvalue weighted by Crippen LogP contribution is 2.35. The molecule has 0 bridgehead atoms. The number of methoxy groups -OCH3 is 2. The molecule has 1 N–H and O–H groups in total. The summed E-state index contributed by atoms with van der Waals surface area (Å²) in [5.74, 6) is 0.775. The fourth-order valence-electron chi connectivity index (χ4n) is 4.21. The van der Waals surface area contributed by atoms with E-state index in [9.17, 15) is 18.8 Å². The lowest BCUT2D eigenvalue weighted by atomic mass is 10.2. The minimum absolute atomic E-state index is 0.126. The molecule has 43 heavy (non-hydrogen) atoms. The van der Waals surface area contributed by atoms with Crippen molar-refractivity contribution in [2.45, 2.75) is 19.9 Å². The van der Waals surface area contributed by atoms with Crippen LogP contribution in [0.1, 0.15) is 19.9 Å². The Balaban J connectivity index is 1.35. The van der Waals surface area contributed by atoms with Gasteiger partial charge < -0.3 is 18.9 Å². The van der Waals surface area contributed by atoms with Crippen LogP contribution in [0.2, 0.25) is 0 Å². The zero-order chi connectivity index (χ0) is 30.7. The van der Waals surface area contributed by atoms with Crippen molar-refractivity contribution < 1.29 is 28.1 Å². The number of fused-ring (bicyclic) bond motifs is 1. The highest BCUT2D eigenvalue weighted by molar-refractivity contribution is 5.87. The van der Waals surface area contributed by atoms with Crippen molar-refractivity contribution in [2.24, 2.45) is 0 Å². The average molecular weight is 588 g/mol. The number of anilines is 1. The smallest absolute Gasteiger partial charge is 0.417 e. The quantitative estimate of drug-likeness (QED) is 0.264. The molecule has 5 aromatic rings. The Bertz CT molecular complexity index is 1920. The molecule has 0 saturated heterocycles. The van der Waals surface area contributed by atoms with Gasteiger partial charge >= 0.3 is 17.3 Å². The number of carbonyl (C=O) groups is 1. The number of rotatable bonds is 8. The summed E-state index contributed by atoms with van der Waals surface area (Å²) in [5.41, 5.74) is -0.484. The van der Waals surface area contributed by atoms with E-state index in [2.05, 4.69) is 15.3 Å².